The highest BCUT2D eigenvalue weighted by Crippen LogP contribution is 2.29. The van der Waals surface area contributed by atoms with Crippen LogP contribution in [0.15, 0.2) is 51.6 Å². The Bertz CT molecular complexity index is 999. The van der Waals surface area contributed by atoms with Crippen molar-refractivity contribution in [1.29, 1.82) is 0 Å². The average Bonchev–Trinajstić information content (AvgIpc) is 3.02. The molecule has 108 valence electrons. The molecule has 0 spiro atoms. The van der Waals surface area contributed by atoms with Gasteiger partial charge in [-0.2, -0.15) is 0 Å². The molecule has 4 rings (SSSR count). The van der Waals surface area contributed by atoms with E-state index in [1.807, 2.05) is 36.4 Å². The van der Waals surface area contributed by atoms with Crippen LogP contribution >= 0.6 is 27.5 Å². The molecule has 22 heavy (non-hydrogen) atoms. The normalized spacial score (nSPS) is 11.4. The molecular weight excluding hydrogens is 366 g/mol. The number of hydrogen-bond acceptors (Lipinski definition) is 4. The minimum absolute atomic E-state index is 0.314. The number of rotatable bonds is 2. The van der Waals surface area contributed by atoms with Crippen molar-refractivity contribution in [3.8, 4) is 11.5 Å². The largest absolute Gasteiger partial charge is 0.444 e. The first kappa shape index (κ1) is 13.7. The maximum atomic E-state index is 5.79. The van der Waals surface area contributed by atoms with Crippen LogP contribution in [0.1, 0.15) is 5.69 Å². The molecule has 2 heterocycles. The average molecular weight is 375 g/mol. The second-order valence-electron chi connectivity index (χ2n) is 4.78. The summed E-state index contributed by atoms with van der Waals surface area (Å²) in [6.07, 6.45) is 1.56. The number of nitrogens with zero attached hydrogens (tertiary/aromatic N) is 3. The molecule has 0 radical (unpaired) electrons. The minimum atomic E-state index is 0.314. The first-order valence-electron chi connectivity index (χ1n) is 6.62. The van der Waals surface area contributed by atoms with Crippen LogP contribution in [0.4, 0.5) is 0 Å². The summed E-state index contributed by atoms with van der Waals surface area (Å²) in [5.41, 5.74) is 4.71. The van der Waals surface area contributed by atoms with E-state index in [1.54, 1.807) is 6.26 Å². The first-order valence-corrected chi connectivity index (χ1v) is 7.95. The second-order valence-corrected chi connectivity index (χ2v) is 5.90. The lowest BCUT2D eigenvalue weighted by atomic mass is 10.1. The second kappa shape index (κ2) is 5.34. The number of benzene rings is 2. The van der Waals surface area contributed by atoms with Gasteiger partial charge in [-0.25, -0.2) is 15.0 Å². The molecule has 4 aromatic rings. The Labute approximate surface area is 139 Å². The van der Waals surface area contributed by atoms with Gasteiger partial charge in [0, 0.05) is 4.47 Å². The van der Waals surface area contributed by atoms with E-state index in [0.29, 0.717) is 17.5 Å². The van der Waals surface area contributed by atoms with Crippen LogP contribution in [0.5, 0.6) is 0 Å². The molecular formula is C16H9BrClN3O. The van der Waals surface area contributed by atoms with Crippen LogP contribution in [0.25, 0.3) is 33.5 Å². The predicted octanol–water partition coefficient (Wildman–Crippen LogP) is 4.94. The summed E-state index contributed by atoms with van der Waals surface area (Å²) in [7, 11) is 0. The first-order chi connectivity index (χ1) is 10.8. The smallest absolute Gasteiger partial charge is 0.228 e. The maximum absolute atomic E-state index is 5.79. The van der Waals surface area contributed by atoms with Crippen LogP contribution in [-0.4, -0.2) is 15.0 Å². The molecule has 2 aromatic heterocycles. The molecule has 0 saturated carbocycles. The fourth-order valence-electron chi connectivity index (χ4n) is 2.35. The summed E-state index contributed by atoms with van der Waals surface area (Å²) in [5, 5.41) is 0. The third-order valence-electron chi connectivity index (χ3n) is 3.36. The molecule has 0 aliphatic carbocycles. The fraction of sp³-hybridized carbons (Fsp3) is 0.0625. The number of oxazole rings is 1. The molecule has 0 unspecified atom stereocenters. The number of para-hydroxylation sites is 2. The summed E-state index contributed by atoms with van der Waals surface area (Å²) in [5.74, 6) is 0.816. The number of alkyl halides is 1. The van der Waals surface area contributed by atoms with Gasteiger partial charge in [-0.3, -0.25) is 0 Å². The number of fused-ring (bicyclic) bond motifs is 2. The molecule has 0 atom stereocenters. The molecule has 0 bridgehead atoms. The van der Waals surface area contributed by atoms with Gasteiger partial charge in [0.2, 0.25) is 5.89 Å². The van der Waals surface area contributed by atoms with Crippen LogP contribution in [0, 0.1) is 0 Å². The Morgan fingerprint density at radius 1 is 0.955 bits per heavy atom. The van der Waals surface area contributed by atoms with Crippen molar-refractivity contribution in [3.05, 3.63) is 52.8 Å². The zero-order valence-electron chi connectivity index (χ0n) is 11.3. The minimum Gasteiger partial charge on any atom is -0.444 e. The summed E-state index contributed by atoms with van der Waals surface area (Å²) < 4.78 is 6.42. The van der Waals surface area contributed by atoms with Crippen molar-refractivity contribution >= 4 is 49.6 Å². The van der Waals surface area contributed by atoms with Gasteiger partial charge >= 0.3 is 0 Å². The standard InChI is InChI=1S/C16H9BrClN3O/c17-11-4-2-6-13-15(11)21-14-10(3-1-5-12(14)20-13)16-19-9(7-18)8-22-16/h1-6,8H,7H2. The van der Waals surface area contributed by atoms with Gasteiger partial charge in [0.05, 0.1) is 28.2 Å². The van der Waals surface area contributed by atoms with Crippen LogP contribution in [0.3, 0.4) is 0 Å². The lowest BCUT2D eigenvalue weighted by molar-refractivity contribution is 0.574. The number of aromatic nitrogens is 3. The van der Waals surface area contributed by atoms with Crippen molar-refractivity contribution in [2.45, 2.75) is 5.88 Å². The Kier molecular flexibility index (Phi) is 3.32. The van der Waals surface area contributed by atoms with Crippen LogP contribution in [-0.2, 0) is 5.88 Å². The highest BCUT2D eigenvalue weighted by Gasteiger charge is 2.13. The van der Waals surface area contributed by atoms with Gasteiger partial charge in [0.25, 0.3) is 0 Å². The molecule has 0 N–H and O–H groups in total. The summed E-state index contributed by atoms with van der Waals surface area (Å²) in [6, 6.07) is 11.6. The monoisotopic (exact) mass is 373 g/mol. The van der Waals surface area contributed by atoms with Crippen molar-refractivity contribution in [3.63, 3.8) is 0 Å². The van der Waals surface area contributed by atoms with E-state index in [-0.39, 0.29) is 0 Å². The van der Waals surface area contributed by atoms with Gasteiger partial charge in [-0.15, -0.1) is 11.6 Å². The van der Waals surface area contributed by atoms with E-state index in [9.17, 15) is 0 Å². The van der Waals surface area contributed by atoms with Crippen molar-refractivity contribution in [2.75, 3.05) is 0 Å². The van der Waals surface area contributed by atoms with Crippen molar-refractivity contribution in [2.24, 2.45) is 0 Å². The van der Waals surface area contributed by atoms with Crippen LogP contribution in [0.2, 0.25) is 0 Å². The molecule has 0 amide bonds. The lowest BCUT2D eigenvalue weighted by Crippen LogP contribution is -1.91. The number of hydrogen-bond donors (Lipinski definition) is 0. The highest BCUT2D eigenvalue weighted by atomic mass is 79.9. The molecule has 6 heteroatoms. The maximum Gasteiger partial charge on any atom is 0.228 e. The Morgan fingerprint density at radius 3 is 2.50 bits per heavy atom. The van der Waals surface area contributed by atoms with Gasteiger partial charge in [0.15, 0.2) is 0 Å². The molecule has 0 aliphatic rings. The highest BCUT2D eigenvalue weighted by molar-refractivity contribution is 9.10. The summed E-state index contributed by atoms with van der Waals surface area (Å²) in [6.45, 7) is 0. The van der Waals surface area contributed by atoms with E-state index in [2.05, 4.69) is 25.9 Å². The Hall–Kier alpha value is -1.98. The summed E-state index contributed by atoms with van der Waals surface area (Å²) >= 11 is 9.31. The third-order valence-corrected chi connectivity index (χ3v) is 4.28. The topological polar surface area (TPSA) is 51.8 Å². The van der Waals surface area contributed by atoms with E-state index in [1.165, 1.54) is 0 Å². The van der Waals surface area contributed by atoms with Gasteiger partial charge in [-0.05, 0) is 40.2 Å². The van der Waals surface area contributed by atoms with Gasteiger partial charge < -0.3 is 4.42 Å². The molecule has 0 saturated heterocycles. The van der Waals surface area contributed by atoms with Crippen LogP contribution < -0.4 is 0 Å². The Balaban J connectivity index is 2.04. The zero-order chi connectivity index (χ0) is 15.1. The number of halogens is 2. The zero-order valence-corrected chi connectivity index (χ0v) is 13.6. The SMILES string of the molecule is ClCc1coc(-c2cccc3nc4cccc(Br)c4nc23)n1. The summed E-state index contributed by atoms with van der Waals surface area (Å²) in [4.78, 5) is 13.8. The van der Waals surface area contributed by atoms with Crippen molar-refractivity contribution in [1.82, 2.24) is 15.0 Å². The molecule has 2 aromatic carbocycles. The van der Waals surface area contributed by atoms with E-state index < -0.39 is 0 Å². The lowest BCUT2D eigenvalue weighted by Gasteiger charge is -2.05. The fourth-order valence-corrected chi connectivity index (χ4v) is 2.92. The van der Waals surface area contributed by atoms with Gasteiger partial charge in [0.1, 0.15) is 17.3 Å². The van der Waals surface area contributed by atoms with E-state index >= 15 is 0 Å². The van der Waals surface area contributed by atoms with Crippen molar-refractivity contribution < 1.29 is 4.42 Å². The molecule has 0 aliphatic heterocycles. The molecule has 0 fully saturated rings. The van der Waals surface area contributed by atoms with E-state index in [0.717, 1.165) is 32.1 Å². The quantitative estimate of drug-likeness (QED) is 0.368. The van der Waals surface area contributed by atoms with E-state index in [4.69, 9.17) is 21.0 Å². The Morgan fingerprint density at radius 2 is 1.73 bits per heavy atom. The van der Waals surface area contributed by atoms with Gasteiger partial charge in [-0.1, -0.05) is 12.1 Å². The third kappa shape index (κ3) is 2.17. The predicted molar refractivity (Wildman–Crippen MR) is 89.8 cm³/mol. The molecule has 4 nitrogen and oxygen atoms in total.